The molecule has 0 heterocycles. The summed E-state index contributed by atoms with van der Waals surface area (Å²) in [5, 5.41) is 6.24. The van der Waals surface area contributed by atoms with Gasteiger partial charge in [-0.1, -0.05) is 41.6 Å². The molecule has 0 unspecified atom stereocenters. The molecule has 0 aliphatic carbocycles. The summed E-state index contributed by atoms with van der Waals surface area (Å²) in [4.78, 5) is 16.3. The van der Waals surface area contributed by atoms with Crippen LogP contribution in [0.4, 0.5) is 0 Å². The third kappa shape index (κ3) is 3.91. The molecule has 0 spiro atoms. The van der Waals surface area contributed by atoms with Gasteiger partial charge in [0.15, 0.2) is 11.5 Å². The van der Waals surface area contributed by atoms with E-state index in [1.807, 2.05) is 42.5 Å². The topological polar surface area (TPSA) is 66.4 Å². The van der Waals surface area contributed by atoms with Gasteiger partial charge in [-0.2, -0.15) is 0 Å². The Kier molecular flexibility index (Phi) is 5.79. The number of carbonyl (C=O) groups is 1. The minimum Gasteiger partial charge on any atom is -0.493 e. The van der Waals surface area contributed by atoms with Crippen molar-refractivity contribution in [3.63, 3.8) is 0 Å². The summed E-state index contributed by atoms with van der Waals surface area (Å²) < 4.78 is 16.2. The first-order valence-electron chi connectivity index (χ1n) is 8.62. The van der Waals surface area contributed by atoms with E-state index < -0.39 is 5.97 Å². The Morgan fingerprint density at radius 1 is 0.786 bits per heavy atom. The molecule has 6 nitrogen and oxygen atoms in total. The average Bonchev–Trinajstić information content (AvgIpc) is 2.72. The van der Waals surface area contributed by atoms with E-state index in [4.69, 9.17) is 19.0 Å². The number of hydrogen-bond acceptors (Lipinski definition) is 6. The van der Waals surface area contributed by atoms with Crippen LogP contribution in [0.25, 0.3) is 10.8 Å². The average molecular weight is 379 g/mol. The van der Waals surface area contributed by atoms with Crippen molar-refractivity contribution in [1.29, 1.82) is 0 Å². The number of carbonyl (C=O) groups excluding carboxylic acids is 1. The largest absolute Gasteiger partial charge is 0.493 e. The molecule has 0 fully saturated rings. The number of fused-ring (bicyclic) bond motifs is 1. The molecule has 3 aromatic rings. The molecule has 0 bridgehead atoms. The van der Waals surface area contributed by atoms with E-state index >= 15 is 0 Å². The minimum absolute atomic E-state index is 0.471. The quantitative estimate of drug-likeness (QED) is 0.365. The molecule has 0 radical (unpaired) electrons. The van der Waals surface area contributed by atoms with Crippen LogP contribution < -0.4 is 14.2 Å². The molecule has 0 saturated heterocycles. The second kappa shape index (κ2) is 8.43. The summed E-state index contributed by atoms with van der Waals surface area (Å²) in [6.45, 7) is 1.30. The van der Waals surface area contributed by atoms with Crippen molar-refractivity contribution in [3.05, 3.63) is 65.7 Å². The maximum Gasteiger partial charge on any atom is 0.332 e. The van der Waals surface area contributed by atoms with Crippen molar-refractivity contribution in [2.45, 2.75) is 6.92 Å². The molecular weight excluding hydrogens is 358 g/mol. The molecular formula is C22H21NO5. The Hall–Kier alpha value is -3.54. The van der Waals surface area contributed by atoms with E-state index in [-0.39, 0.29) is 0 Å². The number of rotatable bonds is 6. The molecule has 0 aliphatic rings. The Morgan fingerprint density at radius 2 is 1.43 bits per heavy atom. The monoisotopic (exact) mass is 379 g/mol. The second-order valence-electron chi connectivity index (χ2n) is 6.00. The Morgan fingerprint density at radius 3 is 2.00 bits per heavy atom. The van der Waals surface area contributed by atoms with Gasteiger partial charge in [0.05, 0.1) is 21.3 Å². The zero-order valence-electron chi connectivity index (χ0n) is 16.2. The zero-order chi connectivity index (χ0) is 20.1. The Labute approximate surface area is 163 Å². The van der Waals surface area contributed by atoms with Gasteiger partial charge < -0.3 is 19.0 Å². The van der Waals surface area contributed by atoms with Gasteiger partial charge in [-0.25, -0.2) is 4.79 Å². The van der Waals surface area contributed by atoms with Gasteiger partial charge in [0.1, 0.15) is 5.71 Å². The normalized spacial score (nSPS) is 11.2. The van der Waals surface area contributed by atoms with E-state index in [0.717, 1.165) is 16.3 Å². The van der Waals surface area contributed by atoms with Crippen LogP contribution in [0.5, 0.6) is 17.2 Å². The molecule has 0 amide bonds. The Bertz CT molecular complexity index is 1020. The van der Waals surface area contributed by atoms with Gasteiger partial charge >= 0.3 is 5.97 Å². The second-order valence-corrected chi connectivity index (χ2v) is 6.00. The van der Waals surface area contributed by atoms with Crippen LogP contribution in [-0.4, -0.2) is 33.0 Å². The number of methoxy groups -OCH3 is 3. The Balaban J connectivity index is 2.20. The summed E-state index contributed by atoms with van der Waals surface area (Å²) >= 11 is 0. The van der Waals surface area contributed by atoms with E-state index in [1.165, 1.54) is 14.0 Å². The molecule has 144 valence electrons. The zero-order valence-corrected chi connectivity index (χ0v) is 16.2. The van der Waals surface area contributed by atoms with Crippen LogP contribution in [0, 0.1) is 0 Å². The van der Waals surface area contributed by atoms with Crippen molar-refractivity contribution < 1.29 is 23.8 Å². The van der Waals surface area contributed by atoms with Crippen molar-refractivity contribution in [2.75, 3.05) is 21.3 Å². The maximum absolute atomic E-state index is 11.4. The van der Waals surface area contributed by atoms with Gasteiger partial charge in [-0.05, 0) is 29.0 Å². The lowest BCUT2D eigenvalue weighted by atomic mass is 9.98. The number of oxime groups is 1. The molecule has 28 heavy (non-hydrogen) atoms. The first-order chi connectivity index (χ1) is 13.6. The fourth-order valence-corrected chi connectivity index (χ4v) is 2.94. The molecule has 0 atom stereocenters. The van der Waals surface area contributed by atoms with Crippen LogP contribution in [0.2, 0.25) is 0 Å². The summed E-state index contributed by atoms with van der Waals surface area (Å²) in [5.41, 5.74) is 1.92. The standard InChI is InChI=1S/C22H21NO5/c1-14(24)28-23-21(17-10-9-15-7-5-6-8-16(15)11-17)18-12-19(25-2)22(27-4)20(13-18)26-3/h5-13H,1-4H3/b23-21+. The van der Waals surface area contributed by atoms with Crippen LogP contribution in [0.1, 0.15) is 18.1 Å². The molecule has 0 saturated carbocycles. The lowest BCUT2D eigenvalue weighted by Crippen LogP contribution is -2.08. The van der Waals surface area contributed by atoms with Crippen LogP contribution in [0.15, 0.2) is 59.8 Å². The van der Waals surface area contributed by atoms with Crippen molar-refractivity contribution >= 4 is 22.5 Å². The highest BCUT2D eigenvalue weighted by atomic mass is 16.7. The fraction of sp³-hybridized carbons (Fsp3) is 0.182. The third-order valence-corrected chi connectivity index (χ3v) is 4.23. The molecule has 3 aromatic carbocycles. The fourth-order valence-electron chi connectivity index (χ4n) is 2.94. The summed E-state index contributed by atoms with van der Waals surface area (Å²) in [5.74, 6) is 0.922. The third-order valence-electron chi connectivity index (χ3n) is 4.23. The number of benzene rings is 3. The summed E-state index contributed by atoms with van der Waals surface area (Å²) in [7, 11) is 4.62. The van der Waals surface area contributed by atoms with Crippen LogP contribution in [-0.2, 0) is 9.63 Å². The van der Waals surface area contributed by atoms with Crippen LogP contribution in [0.3, 0.4) is 0 Å². The first-order valence-corrected chi connectivity index (χ1v) is 8.62. The highest BCUT2D eigenvalue weighted by Gasteiger charge is 2.18. The first kappa shape index (κ1) is 19.2. The molecule has 0 aromatic heterocycles. The lowest BCUT2D eigenvalue weighted by molar-refractivity contribution is -0.140. The SMILES string of the molecule is COc1cc(/C(=N/OC(C)=O)c2ccc3ccccc3c2)cc(OC)c1OC. The van der Waals surface area contributed by atoms with Crippen LogP contribution >= 0.6 is 0 Å². The van der Waals surface area contributed by atoms with Gasteiger partial charge in [-0.3, -0.25) is 0 Å². The van der Waals surface area contributed by atoms with Gasteiger partial charge in [0.2, 0.25) is 5.75 Å². The van der Waals surface area contributed by atoms with Gasteiger partial charge in [0.25, 0.3) is 0 Å². The molecule has 0 N–H and O–H groups in total. The number of nitrogens with zero attached hydrogens (tertiary/aromatic N) is 1. The van der Waals surface area contributed by atoms with Gasteiger partial charge in [-0.15, -0.1) is 0 Å². The summed E-state index contributed by atoms with van der Waals surface area (Å²) in [6, 6.07) is 17.4. The van der Waals surface area contributed by atoms with Crippen molar-refractivity contribution in [3.8, 4) is 17.2 Å². The van der Waals surface area contributed by atoms with E-state index in [2.05, 4.69) is 5.16 Å². The smallest absolute Gasteiger partial charge is 0.332 e. The predicted octanol–water partition coefficient (Wildman–Crippen LogP) is 4.18. The number of ether oxygens (including phenoxy) is 3. The highest BCUT2D eigenvalue weighted by molar-refractivity contribution is 6.14. The van der Waals surface area contributed by atoms with E-state index in [9.17, 15) is 4.79 Å². The maximum atomic E-state index is 11.4. The van der Waals surface area contributed by atoms with Crippen molar-refractivity contribution in [2.24, 2.45) is 5.16 Å². The molecule has 6 heteroatoms. The molecule has 3 rings (SSSR count). The highest BCUT2D eigenvalue weighted by Crippen LogP contribution is 2.39. The minimum atomic E-state index is -0.509. The summed E-state index contributed by atoms with van der Waals surface area (Å²) in [6.07, 6.45) is 0. The van der Waals surface area contributed by atoms with Crippen molar-refractivity contribution in [1.82, 2.24) is 0 Å². The van der Waals surface area contributed by atoms with E-state index in [0.29, 0.717) is 28.5 Å². The van der Waals surface area contributed by atoms with Gasteiger partial charge in [0, 0.05) is 18.1 Å². The van der Waals surface area contributed by atoms with E-state index in [1.54, 1.807) is 26.4 Å². The number of hydrogen-bond donors (Lipinski definition) is 0. The predicted molar refractivity (Wildman–Crippen MR) is 107 cm³/mol. The molecule has 0 aliphatic heterocycles. The lowest BCUT2D eigenvalue weighted by Gasteiger charge is -2.15.